The van der Waals surface area contributed by atoms with E-state index in [9.17, 15) is 0 Å². The number of hydrogen-bond donors (Lipinski definition) is 0. The van der Waals surface area contributed by atoms with Crippen molar-refractivity contribution in [2.75, 3.05) is 19.8 Å². The van der Waals surface area contributed by atoms with Crippen molar-refractivity contribution < 1.29 is 14.2 Å². The molecule has 1 aliphatic rings. The highest BCUT2D eigenvalue weighted by molar-refractivity contribution is 5.45. The third kappa shape index (κ3) is 2.81. The third-order valence-electron chi connectivity index (χ3n) is 2.30. The van der Waals surface area contributed by atoms with Crippen LogP contribution in [0.2, 0.25) is 0 Å². The second-order valence-corrected chi connectivity index (χ2v) is 4.36. The van der Waals surface area contributed by atoms with E-state index >= 15 is 0 Å². The zero-order valence-corrected chi connectivity index (χ0v) is 9.86. The van der Waals surface area contributed by atoms with Crippen LogP contribution in [0.15, 0.2) is 18.2 Å². The van der Waals surface area contributed by atoms with Crippen molar-refractivity contribution in [2.45, 2.75) is 20.3 Å². The maximum absolute atomic E-state index is 5.64. The van der Waals surface area contributed by atoms with E-state index < -0.39 is 0 Å². The van der Waals surface area contributed by atoms with Gasteiger partial charge in [0.25, 0.3) is 0 Å². The first kappa shape index (κ1) is 11.1. The fourth-order valence-electron chi connectivity index (χ4n) is 1.50. The van der Waals surface area contributed by atoms with Crippen molar-refractivity contribution in [3.05, 3.63) is 18.2 Å². The largest absolute Gasteiger partial charge is 0.493 e. The van der Waals surface area contributed by atoms with Gasteiger partial charge in [-0.2, -0.15) is 0 Å². The smallest absolute Gasteiger partial charge is 0.164 e. The first-order valence-electron chi connectivity index (χ1n) is 5.78. The predicted octanol–water partition coefficient (Wildman–Crippen LogP) is 2.88. The quantitative estimate of drug-likeness (QED) is 0.787. The molecule has 0 saturated carbocycles. The van der Waals surface area contributed by atoms with Crippen molar-refractivity contribution in [1.29, 1.82) is 0 Å². The van der Waals surface area contributed by atoms with Crippen LogP contribution in [0.3, 0.4) is 0 Å². The average molecular weight is 222 g/mol. The second-order valence-electron chi connectivity index (χ2n) is 4.36. The van der Waals surface area contributed by atoms with E-state index in [1.165, 1.54) is 0 Å². The second kappa shape index (κ2) is 5.10. The summed E-state index contributed by atoms with van der Waals surface area (Å²) in [4.78, 5) is 0. The Balaban J connectivity index is 2.08. The molecule has 3 nitrogen and oxygen atoms in total. The molecule has 1 heterocycles. The van der Waals surface area contributed by atoms with Crippen LogP contribution in [0, 0.1) is 5.92 Å². The van der Waals surface area contributed by atoms with Gasteiger partial charge in [0, 0.05) is 12.5 Å². The Morgan fingerprint density at radius 2 is 1.94 bits per heavy atom. The van der Waals surface area contributed by atoms with Gasteiger partial charge in [0.2, 0.25) is 0 Å². The molecule has 0 atom stereocenters. The summed E-state index contributed by atoms with van der Waals surface area (Å²) in [5.41, 5.74) is 0. The monoisotopic (exact) mass is 222 g/mol. The van der Waals surface area contributed by atoms with E-state index in [2.05, 4.69) is 13.8 Å². The maximum Gasteiger partial charge on any atom is 0.164 e. The predicted molar refractivity (Wildman–Crippen MR) is 62.4 cm³/mol. The molecule has 0 bridgehead atoms. The average Bonchev–Trinajstić information content (AvgIpc) is 2.50. The van der Waals surface area contributed by atoms with Gasteiger partial charge < -0.3 is 14.2 Å². The summed E-state index contributed by atoms with van der Waals surface area (Å²) in [5, 5.41) is 0. The minimum atomic E-state index is 0.524. The van der Waals surface area contributed by atoms with Crippen LogP contribution in [0.25, 0.3) is 0 Å². The molecule has 0 saturated heterocycles. The minimum absolute atomic E-state index is 0.524. The molecule has 0 fully saturated rings. The van der Waals surface area contributed by atoms with Gasteiger partial charge in [0.15, 0.2) is 11.5 Å². The summed E-state index contributed by atoms with van der Waals surface area (Å²) in [6.07, 6.45) is 0.927. The van der Waals surface area contributed by atoms with Gasteiger partial charge in [0.1, 0.15) is 5.75 Å². The van der Waals surface area contributed by atoms with Crippen LogP contribution in [0.5, 0.6) is 17.2 Å². The highest BCUT2D eigenvalue weighted by Gasteiger charge is 2.11. The summed E-state index contributed by atoms with van der Waals surface area (Å²) in [6, 6.07) is 5.75. The van der Waals surface area contributed by atoms with Gasteiger partial charge in [-0.25, -0.2) is 0 Å². The first-order valence-corrected chi connectivity index (χ1v) is 5.78. The van der Waals surface area contributed by atoms with E-state index in [0.29, 0.717) is 12.5 Å². The normalized spacial score (nSPS) is 14.7. The van der Waals surface area contributed by atoms with Gasteiger partial charge in [-0.3, -0.25) is 0 Å². The Morgan fingerprint density at radius 1 is 1.19 bits per heavy atom. The Morgan fingerprint density at radius 3 is 2.69 bits per heavy atom. The van der Waals surface area contributed by atoms with Crippen LogP contribution in [-0.4, -0.2) is 19.8 Å². The molecule has 3 heteroatoms. The number of ether oxygens (including phenoxy) is 3. The highest BCUT2D eigenvalue weighted by atomic mass is 16.5. The summed E-state index contributed by atoms with van der Waals surface area (Å²) in [5.74, 6) is 2.97. The molecule has 1 aromatic carbocycles. The SMILES string of the molecule is CC(C)COc1ccc2c(c1)OCCCO2. The van der Waals surface area contributed by atoms with Crippen molar-refractivity contribution in [3.8, 4) is 17.2 Å². The lowest BCUT2D eigenvalue weighted by molar-refractivity contribution is 0.267. The van der Waals surface area contributed by atoms with Gasteiger partial charge >= 0.3 is 0 Å². The Kier molecular flexibility index (Phi) is 3.54. The molecule has 0 aliphatic carbocycles. The molecule has 0 spiro atoms. The third-order valence-corrected chi connectivity index (χ3v) is 2.30. The molecular formula is C13H18O3. The minimum Gasteiger partial charge on any atom is -0.493 e. The van der Waals surface area contributed by atoms with E-state index in [1.807, 2.05) is 18.2 Å². The Hall–Kier alpha value is -1.38. The van der Waals surface area contributed by atoms with Crippen molar-refractivity contribution in [3.63, 3.8) is 0 Å². The number of hydrogen-bond acceptors (Lipinski definition) is 3. The van der Waals surface area contributed by atoms with Gasteiger partial charge in [0.05, 0.1) is 19.8 Å². The summed E-state index contributed by atoms with van der Waals surface area (Å²) < 4.78 is 16.8. The maximum atomic E-state index is 5.64. The molecular weight excluding hydrogens is 204 g/mol. The first-order chi connectivity index (χ1) is 7.75. The fourth-order valence-corrected chi connectivity index (χ4v) is 1.50. The number of benzene rings is 1. The standard InChI is InChI=1S/C13H18O3/c1-10(2)9-16-11-4-5-12-13(8-11)15-7-3-6-14-12/h4-5,8,10H,3,6-7,9H2,1-2H3. The van der Waals surface area contributed by atoms with E-state index in [1.54, 1.807) is 0 Å². The lowest BCUT2D eigenvalue weighted by Gasteiger charge is -2.11. The summed E-state index contributed by atoms with van der Waals surface area (Å²) in [7, 11) is 0. The highest BCUT2D eigenvalue weighted by Crippen LogP contribution is 2.33. The fraction of sp³-hybridized carbons (Fsp3) is 0.538. The van der Waals surface area contributed by atoms with Gasteiger partial charge in [-0.1, -0.05) is 13.8 Å². The van der Waals surface area contributed by atoms with Crippen LogP contribution >= 0.6 is 0 Å². The van der Waals surface area contributed by atoms with Crippen LogP contribution in [0.1, 0.15) is 20.3 Å². The lowest BCUT2D eigenvalue weighted by atomic mass is 10.2. The van der Waals surface area contributed by atoms with E-state index in [0.717, 1.165) is 36.9 Å². The molecule has 0 aromatic heterocycles. The Labute approximate surface area is 96.3 Å². The molecule has 0 amide bonds. The summed E-state index contributed by atoms with van der Waals surface area (Å²) in [6.45, 7) is 6.41. The van der Waals surface area contributed by atoms with Crippen molar-refractivity contribution in [2.24, 2.45) is 5.92 Å². The van der Waals surface area contributed by atoms with Gasteiger partial charge in [-0.05, 0) is 18.1 Å². The van der Waals surface area contributed by atoms with Crippen molar-refractivity contribution >= 4 is 0 Å². The van der Waals surface area contributed by atoms with Crippen LogP contribution in [0.4, 0.5) is 0 Å². The molecule has 1 aromatic rings. The zero-order valence-electron chi connectivity index (χ0n) is 9.86. The lowest BCUT2D eigenvalue weighted by Crippen LogP contribution is -2.04. The number of fused-ring (bicyclic) bond motifs is 1. The van der Waals surface area contributed by atoms with E-state index in [-0.39, 0.29) is 0 Å². The molecule has 1 aliphatic heterocycles. The Bertz CT molecular complexity index is 347. The van der Waals surface area contributed by atoms with Crippen LogP contribution in [-0.2, 0) is 0 Å². The topological polar surface area (TPSA) is 27.7 Å². The van der Waals surface area contributed by atoms with Crippen molar-refractivity contribution in [1.82, 2.24) is 0 Å². The molecule has 0 N–H and O–H groups in total. The molecule has 2 rings (SSSR count). The number of rotatable bonds is 3. The van der Waals surface area contributed by atoms with E-state index in [4.69, 9.17) is 14.2 Å². The molecule has 0 radical (unpaired) electrons. The zero-order chi connectivity index (χ0) is 11.4. The molecule has 16 heavy (non-hydrogen) atoms. The molecule has 0 unspecified atom stereocenters. The summed E-state index contributed by atoms with van der Waals surface area (Å²) >= 11 is 0. The molecule has 88 valence electrons. The van der Waals surface area contributed by atoms with Gasteiger partial charge in [-0.15, -0.1) is 0 Å². The van der Waals surface area contributed by atoms with Crippen LogP contribution < -0.4 is 14.2 Å².